The number of hydrogen-bond acceptors (Lipinski definition) is 2. The van der Waals surface area contributed by atoms with E-state index in [-0.39, 0.29) is 30.0 Å². The Hall–Kier alpha value is -2.86. The molecule has 2 amide bonds. The lowest BCUT2D eigenvalue weighted by Gasteiger charge is -2.16. The van der Waals surface area contributed by atoms with Crippen molar-refractivity contribution in [2.45, 2.75) is 19.3 Å². The molecule has 3 aromatic rings. The average Bonchev–Trinajstić information content (AvgIpc) is 3.30. The molecule has 2 N–H and O–H groups in total. The maximum Gasteiger partial charge on any atom is 0.225 e. The van der Waals surface area contributed by atoms with E-state index in [0.717, 1.165) is 22.0 Å². The van der Waals surface area contributed by atoms with Crippen molar-refractivity contribution in [2.75, 3.05) is 19.6 Å². The smallest absolute Gasteiger partial charge is 0.225 e. The molecule has 0 aliphatic carbocycles. The number of amides is 2. The molecule has 1 atom stereocenters. The predicted molar refractivity (Wildman–Crippen MR) is 115 cm³/mol. The Labute approximate surface area is 179 Å². The molecule has 156 valence electrons. The van der Waals surface area contributed by atoms with Crippen LogP contribution in [0.1, 0.15) is 17.5 Å². The van der Waals surface area contributed by atoms with Gasteiger partial charge in [-0.05, 0) is 54.3 Å². The fourth-order valence-electron chi connectivity index (χ4n) is 3.90. The molecule has 2 heterocycles. The fourth-order valence-corrected chi connectivity index (χ4v) is 4.07. The van der Waals surface area contributed by atoms with Crippen LogP contribution in [-0.4, -0.2) is 41.3 Å². The van der Waals surface area contributed by atoms with Gasteiger partial charge in [0.25, 0.3) is 0 Å². The van der Waals surface area contributed by atoms with Crippen LogP contribution < -0.4 is 5.32 Å². The summed E-state index contributed by atoms with van der Waals surface area (Å²) in [5.41, 5.74) is 3.08. The molecule has 0 unspecified atom stereocenters. The summed E-state index contributed by atoms with van der Waals surface area (Å²) < 4.78 is 12.9. The average molecular weight is 428 g/mol. The Morgan fingerprint density at radius 2 is 2.00 bits per heavy atom. The lowest BCUT2D eigenvalue weighted by Crippen LogP contribution is -2.34. The SMILES string of the molecule is O=C(NCCc1ccc(F)cc1)[C@@H]1CC(=O)N(CCc2c[nH]c3ccc(Cl)cc23)C1. The van der Waals surface area contributed by atoms with Crippen molar-refractivity contribution in [2.24, 2.45) is 5.92 Å². The third-order valence-electron chi connectivity index (χ3n) is 5.59. The van der Waals surface area contributed by atoms with Crippen LogP contribution in [-0.2, 0) is 22.4 Å². The quantitative estimate of drug-likeness (QED) is 0.603. The molecule has 1 fully saturated rings. The van der Waals surface area contributed by atoms with E-state index < -0.39 is 0 Å². The first-order valence-corrected chi connectivity index (χ1v) is 10.4. The van der Waals surface area contributed by atoms with Crippen LogP contribution >= 0.6 is 11.6 Å². The molecule has 1 aromatic heterocycles. The van der Waals surface area contributed by atoms with Crippen molar-refractivity contribution < 1.29 is 14.0 Å². The molecule has 0 spiro atoms. The van der Waals surface area contributed by atoms with E-state index in [2.05, 4.69) is 10.3 Å². The number of fused-ring (bicyclic) bond motifs is 1. The van der Waals surface area contributed by atoms with Crippen LogP contribution in [0.3, 0.4) is 0 Å². The van der Waals surface area contributed by atoms with Gasteiger partial charge in [0.15, 0.2) is 0 Å². The number of halogens is 2. The summed E-state index contributed by atoms with van der Waals surface area (Å²) in [6.45, 7) is 1.47. The fraction of sp³-hybridized carbons (Fsp3) is 0.304. The summed E-state index contributed by atoms with van der Waals surface area (Å²) in [5, 5.41) is 4.64. The van der Waals surface area contributed by atoms with Gasteiger partial charge in [0.05, 0.1) is 5.92 Å². The van der Waals surface area contributed by atoms with E-state index >= 15 is 0 Å². The highest BCUT2D eigenvalue weighted by Gasteiger charge is 2.33. The number of aromatic nitrogens is 1. The number of aromatic amines is 1. The number of likely N-dealkylation sites (tertiary alicyclic amines) is 1. The van der Waals surface area contributed by atoms with E-state index in [1.807, 2.05) is 24.4 Å². The minimum atomic E-state index is -0.330. The maximum atomic E-state index is 12.9. The zero-order valence-corrected chi connectivity index (χ0v) is 17.2. The van der Waals surface area contributed by atoms with Gasteiger partial charge < -0.3 is 15.2 Å². The lowest BCUT2D eigenvalue weighted by molar-refractivity contribution is -0.129. The van der Waals surface area contributed by atoms with Gasteiger partial charge in [-0.1, -0.05) is 23.7 Å². The van der Waals surface area contributed by atoms with Gasteiger partial charge in [0.2, 0.25) is 11.8 Å². The van der Waals surface area contributed by atoms with Crippen molar-refractivity contribution in [1.82, 2.24) is 15.2 Å². The second-order valence-electron chi connectivity index (χ2n) is 7.66. The molecule has 4 rings (SSSR count). The number of hydrogen-bond donors (Lipinski definition) is 2. The van der Waals surface area contributed by atoms with Gasteiger partial charge in [-0.25, -0.2) is 4.39 Å². The number of carbonyl (C=O) groups is 2. The third-order valence-corrected chi connectivity index (χ3v) is 5.83. The van der Waals surface area contributed by atoms with Gasteiger partial charge in [-0.2, -0.15) is 0 Å². The number of H-pyrrole nitrogens is 1. The number of benzene rings is 2. The molecule has 1 aliphatic rings. The number of rotatable bonds is 7. The number of nitrogens with zero attached hydrogens (tertiary/aromatic N) is 1. The molecule has 0 radical (unpaired) electrons. The summed E-state index contributed by atoms with van der Waals surface area (Å²) in [6, 6.07) is 11.9. The Kier molecular flexibility index (Phi) is 6.04. The molecule has 30 heavy (non-hydrogen) atoms. The van der Waals surface area contributed by atoms with E-state index in [4.69, 9.17) is 11.6 Å². The summed E-state index contributed by atoms with van der Waals surface area (Å²) in [4.78, 5) is 29.8. The van der Waals surface area contributed by atoms with Gasteiger partial charge in [-0.3, -0.25) is 9.59 Å². The summed E-state index contributed by atoms with van der Waals surface area (Å²) in [7, 11) is 0. The second-order valence-corrected chi connectivity index (χ2v) is 8.10. The molecular formula is C23H23ClFN3O2. The number of nitrogens with one attached hydrogen (secondary N) is 2. The summed E-state index contributed by atoms with van der Waals surface area (Å²) in [6.07, 6.45) is 3.51. The van der Waals surface area contributed by atoms with Crippen molar-refractivity contribution in [1.29, 1.82) is 0 Å². The first kappa shape index (κ1) is 20.4. The van der Waals surface area contributed by atoms with Crippen LogP contribution in [0, 0.1) is 11.7 Å². The molecule has 2 aromatic carbocycles. The monoisotopic (exact) mass is 427 g/mol. The van der Waals surface area contributed by atoms with Crippen molar-refractivity contribution >= 4 is 34.3 Å². The molecule has 0 saturated carbocycles. The van der Waals surface area contributed by atoms with Crippen LogP contribution in [0.5, 0.6) is 0 Å². The number of carbonyl (C=O) groups excluding carboxylic acids is 2. The Balaban J connectivity index is 1.27. The Morgan fingerprint density at radius 1 is 1.20 bits per heavy atom. The highest BCUT2D eigenvalue weighted by Crippen LogP contribution is 2.24. The summed E-state index contributed by atoms with van der Waals surface area (Å²) in [5.74, 6) is -0.704. The summed E-state index contributed by atoms with van der Waals surface area (Å²) >= 11 is 6.10. The zero-order valence-electron chi connectivity index (χ0n) is 16.5. The third kappa shape index (κ3) is 4.65. The van der Waals surface area contributed by atoms with Crippen molar-refractivity contribution in [3.05, 3.63) is 70.6 Å². The van der Waals surface area contributed by atoms with Crippen LogP contribution in [0.25, 0.3) is 10.9 Å². The standard InChI is InChI=1S/C23H23ClFN3O2/c24-18-3-6-21-20(12-18)16(13-27-21)8-10-28-14-17(11-22(28)29)23(30)26-9-7-15-1-4-19(25)5-2-15/h1-6,12-13,17,27H,7-11,14H2,(H,26,30)/t17-/m1/s1. The van der Waals surface area contributed by atoms with Gasteiger partial charge >= 0.3 is 0 Å². The van der Waals surface area contributed by atoms with Gasteiger partial charge in [-0.15, -0.1) is 0 Å². The zero-order chi connectivity index (χ0) is 21.1. The van der Waals surface area contributed by atoms with E-state index in [0.29, 0.717) is 37.5 Å². The Bertz CT molecular complexity index is 1060. The molecule has 0 bridgehead atoms. The molecule has 1 aliphatic heterocycles. The minimum Gasteiger partial charge on any atom is -0.361 e. The Morgan fingerprint density at radius 3 is 2.80 bits per heavy atom. The minimum absolute atomic E-state index is 0.00607. The highest BCUT2D eigenvalue weighted by atomic mass is 35.5. The van der Waals surface area contributed by atoms with Crippen LogP contribution in [0.15, 0.2) is 48.7 Å². The van der Waals surface area contributed by atoms with E-state index in [1.54, 1.807) is 17.0 Å². The largest absolute Gasteiger partial charge is 0.361 e. The van der Waals surface area contributed by atoms with Crippen molar-refractivity contribution in [3.8, 4) is 0 Å². The lowest BCUT2D eigenvalue weighted by atomic mass is 10.1. The van der Waals surface area contributed by atoms with Crippen LogP contribution in [0.2, 0.25) is 5.02 Å². The normalized spacial score (nSPS) is 16.4. The highest BCUT2D eigenvalue weighted by molar-refractivity contribution is 6.31. The first-order chi connectivity index (χ1) is 14.5. The topological polar surface area (TPSA) is 65.2 Å². The molecule has 5 nitrogen and oxygen atoms in total. The van der Waals surface area contributed by atoms with E-state index in [1.165, 1.54) is 12.1 Å². The maximum absolute atomic E-state index is 12.9. The first-order valence-electron chi connectivity index (χ1n) is 10.0. The van der Waals surface area contributed by atoms with E-state index in [9.17, 15) is 14.0 Å². The predicted octanol–water partition coefficient (Wildman–Crippen LogP) is 3.71. The van der Waals surface area contributed by atoms with Crippen molar-refractivity contribution in [3.63, 3.8) is 0 Å². The second kappa shape index (κ2) is 8.88. The van der Waals surface area contributed by atoms with Gasteiger partial charge in [0, 0.05) is 48.2 Å². The van der Waals surface area contributed by atoms with Gasteiger partial charge in [0.1, 0.15) is 5.82 Å². The molecular weight excluding hydrogens is 405 g/mol. The molecule has 1 saturated heterocycles. The van der Waals surface area contributed by atoms with Crippen LogP contribution in [0.4, 0.5) is 4.39 Å². The molecule has 7 heteroatoms.